The smallest absolute Gasteiger partial charge is 0.210 e. The van der Waals surface area contributed by atoms with Crippen molar-refractivity contribution in [1.29, 1.82) is 0 Å². The summed E-state index contributed by atoms with van der Waals surface area (Å²) in [7, 11) is 0. The van der Waals surface area contributed by atoms with Gasteiger partial charge >= 0.3 is 0 Å². The summed E-state index contributed by atoms with van der Waals surface area (Å²) in [6.45, 7) is 3.98. The van der Waals surface area contributed by atoms with Crippen LogP contribution in [0.2, 0.25) is 0 Å². The summed E-state index contributed by atoms with van der Waals surface area (Å²) in [6.07, 6.45) is 0. The molecule has 0 bridgehead atoms. The summed E-state index contributed by atoms with van der Waals surface area (Å²) >= 11 is 5.67. The second-order valence-electron chi connectivity index (χ2n) is 3.52. The van der Waals surface area contributed by atoms with Crippen LogP contribution < -0.4 is 0 Å². The molecule has 0 N–H and O–H groups in total. The summed E-state index contributed by atoms with van der Waals surface area (Å²) in [5.41, 5.74) is 3.16. The van der Waals surface area contributed by atoms with Gasteiger partial charge in [-0.05, 0) is 13.8 Å². The first kappa shape index (κ1) is 10.2. The van der Waals surface area contributed by atoms with E-state index in [2.05, 4.69) is 24.0 Å². The lowest BCUT2D eigenvalue weighted by molar-refractivity contribution is 0.528. The van der Waals surface area contributed by atoms with E-state index in [-0.39, 0.29) is 0 Å². The number of hydrogen-bond acceptors (Lipinski definition) is 2. The highest BCUT2D eigenvalue weighted by atomic mass is 35.5. The van der Waals surface area contributed by atoms with Gasteiger partial charge in [-0.2, -0.15) is 0 Å². The van der Waals surface area contributed by atoms with E-state index < -0.39 is 0 Å². The fourth-order valence-corrected chi connectivity index (χ4v) is 1.60. The molecule has 0 aliphatic carbocycles. The van der Waals surface area contributed by atoms with Crippen molar-refractivity contribution in [3.05, 3.63) is 41.4 Å². The van der Waals surface area contributed by atoms with Crippen LogP contribution in [0.3, 0.4) is 0 Å². The first-order valence-electron chi connectivity index (χ1n) is 4.80. The predicted octanol–water partition coefficient (Wildman–Crippen LogP) is 3.70. The minimum atomic E-state index is 0.312. The molecule has 0 atom stereocenters. The van der Waals surface area contributed by atoms with Crippen LogP contribution in [0, 0.1) is 13.8 Å². The van der Waals surface area contributed by atoms with Gasteiger partial charge in [-0.1, -0.05) is 29.8 Å². The molecule has 0 saturated heterocycles. The van der Waals surface area contributed by atoms with Crippen molar-refractivity contribution in [3.63, 3.8) is 0 Å². The zero-order chi connectivity index (χ0) is 10.8. The van der Waals surface area contributed by atoms with Gasteiger partial charge in [0.15, 0.2) is 5.76 Å². The minimum absolute atomic E-state index is 0.312. The zero-order valence-electron chi connectivity index (χ0n) is 8.75. The minimum Gasteiger partial charge on any atom is -0.439 e. The molecule has 2 nitrogen and oxygen atoms in total. The standard InChI is InChI=1S/C12H12ClNO/c1-8-3-5-10(6-4-8)12-9(2)14-11(7-13)15-12/h3-6H,7H2,1-2H3. The van der Waals surface area contributed by atoms with Crippen LogP contribution in [-0.4, -0.2) is 4.98 Å². The summed E-state index contributed by atoms with van der Waals surface area (Å²) in [5.74, 6) is 1.70. The van der Waals surface area contributed by atoms with Gasteiger partial charge in [-0.15, -0.1) is 11.6 Å². The molecule has 0 aliphatic rings. The highest BCUT2D eigenvalue weighted by Gasteiger charge is 2.10. The molecular weight excluding hydrogens is 210 g/mol. The molecule has 2 rings (SSSR count). The van der Waals surface area contributed by atoms with Crippen LogP contribution in [0.1, 0.15) is 17.1 Å². The fraction of sp³-hybridized carbons (Fsp3) is 0.250. The lowest BCUT2D eigenvalue weighted by Crippen LogP contribution is -1.79. The summed E-state index contributed by atoms with van der Waals surface area (Å²) in [4.78, 5) is 4.23. The van der Waals surface area contributed by atoms with Crippen molar-refractivity contribution in [2.24, 2.45) is 0 Å². The Labute approximate surface area is 93.9 Å². The average molecular weight is 222 g/mol. The first-order chi connectivity index (χ1) is 7.20. The average Bonchev–Trinajstić information content (AvgIpc) is 2.61. The van der Waals surface area contributed by atoms with E-state index in [0.717, 1.165) is 17.0 Å². The van der Waals surface area contributed by atoms with E-state index in [1.54, 1.807) is 0 Å². The lowest BCUT2D eigenvalue weighted by atomic mass is 10.1. The Bertz CT molecular complexity index is 459. The quantitative estimate of drug-likeness (QED) is 0.723. The van der Waals surface area contributed by atoms with Crippen LogP contribution in [0.15, 0.2) is 28.7 Å². The molecule has 78 valence electrons. The molecule has 0 aliphatic heterocycles. The summed E-state index contributed by atoms with van der Waals surface area (Å²) < 4.78 is 5.55. The number of rotatable bonds is 2. The van der Waals surface area contributed by atoms with Gasteiger partial charge in [0.05, 0.1) is 11.6 Å². The topological polar surface area (TPSA) is 26.0 Å². The molecule has 0 saturated carbocycles. The van der Waals surface area contributed by atoms with Gasteiger partial charge in [0, 0.05) is 5.56 Å². The number of halogens is 1. The molecule has 1 heterocycles. The number of nitrogens with zero attached hydrogens (tertiary/aromatic N) is 1. The molecule has 15 heavy (non-hydrogen) atoms. The largest absolute Gasteiger partial charge is 0.439 e. The Morgan fingerprint density at radius 2 is 1.87 bits per heavy atom. The third-order valence-corrected chi connectivity index (χ3v) is 2.50. The fourth-order valence-electron chi connectivity index (χ4n) is 1.48. The Kier molecular flexibility index (Phi) is 2.78. The molecule has 1 aromatic heterocycles. The first-order valence-corrected chi connectivity index (χ1v) is 5.33. The third-order valence-electron chi connectivity index (χ3n) is 2.27. The van der Waals surface area contributed by atoms with Crippen molar-refractivity contribution in [2.75, 3.05) is 0 Å². The van der Waals surface area contributed by atoms with E-state index >= 15 is 0 Å². The maximum absolute atomic E-state index is 5.67. The van der Waals surface area contributed by atoms with E-state index in [0.29, 0.717) is 11.8 Å². The van der Waals surface area contributed by atoms with Crippen LogP contribution in [0.4, 0.5) is 0 Å². The number of aromatic nitrogens is 1. The SMILES string of the molecule is Cc1ccc(-c2oc(CCl)nc2C)cc1. The number of benzene rings is 1. The molecule has 0 spiro atoms. The van der Waals surface area contributed by atoms with Crippen LogP contribution in [-0.2, 0) is 5.88 Å². The van der Waals surface area contributed by atoms with Crippen molar-refractivity contribution >= 4 is 11.6 Å². The number of hydrogen-bond donors (Lipinski definition) is 0. The second-order valence-corrected chi connectivity index (χ2v) is 3.79. The van der Waals surface area contributed by atoms with Gasteiger partial charge in [-0.3, -0.25) is 0 Å². The van der Waals surface area contributed by atoms with E-state index in [9.17, 15) is 0 Å². The molecule has 0 fully saturated rings. The Balaban J connectivity index is 2.44. The molecule has 1 aromatic carbocycles. The highest BCUT2D eigenvalue weighted by molar-refractivity contribution is 6.16. The number of aryl methyl sites for hydroxylation is 2. The van der Waals surface area contributed by atoms with Crippen molar-refractivity contribution in [3.8, 4) is 11.3 Å². The monoisotopic (exact) mass is 221 g/mol. The van der Waals surface area contributed by atoms with Crippen molar-refractivity contribution in [1.82, 2.24) is 4.98 Å². The predicted molar refractivity (Wildman–Crippen MR) is 61.0 cm³/mol. The number of oxazole rings is 1. The zero-order valence-corrected chi connectivity index (χ0v) is 9.51. The van der Waals surface area contributed by atoms with Crippen LogP contribution in [0.5, 0.6) is 0 Å². The molecular formula is C12H12ClNO. The van der Waals surface area contributed by atoms with Crippen LogP contribution in [0.25, 0.3) is 11.3 Å². The highest BCUT2D eigenvalue weighted by Crippen LogP contribution is 2.25. The second kappa shape index (κ2) is 4.07. The normalized spacial score (nSPS) is 10.6. The Morgan fingerprint density at radius 3 is 2.40 bits per heavy atom. The Morgan fingerprint density at radius 1 is 1.20 bits per heavy atom. The van der Waals surface area contributed by atoms with Gasteiger partial charge < -0.3 is 4.42 Å². The Hall–Kier alpha value is -1.28. The third kappa shape index (κ3) is 2.05. The van der Waals surface area contributed by atoms with Gasteiger partial charge in [-0.25, -0.2) is 4.98 Å². The van der Waals surface area contributed by atoms with Crippen molar-refractivity contribution < 1.29 is 4.42 Å². The summed E-state index contributed by atoms with van der Waals surface area (Å²) in [6, 6.07) is 8.16. The van der Waals surface area contributed by atoms with E-state index in [1.807, 2.05) is 19.1 Å². The maximum Gasteiger partial charge on any atom is 0.210 e. The molecule has 2 aromatic rings. The van der Waals surface area contributed by atoms with Gasteiger partial charge in [0.1, 0.15) is 0 Å². The lowest BCUT2D eigenvalue weighted by Gasteiger charge is -1.98. The van der Waals surface area contributed by atoms with Gasteiger partial charge in [0.25, 0.3) is 0 Å². The summed E-state index contributed by atoms with van der Waals surface area (Å²) in [5, 5.41) is 0. The molecule has 0 amide bonds. The number of alkyl halides is 1. The molecule has 0 unspecified atom stereocenters. The molecule has 0 radical (unpaired) electrons. The van der Waals surface area contributed by atoms with Crippen molar-refractivity contribution in [2.45, 2.75) is 19.7 Å². The van der Waals surface area contributed by atoms with E-state index in [1.165, 1.54) is 5.56 Å². The maximum atomic E-state index is 5.67. The van der Waals surface area contributed by atoms with E-state index in [4.69, 9.17) is 16.0 Å². The van der Waals surface area contributed by atoms with Gasteiger partial charge in [0.2, 0.25) is 5.89 Å². The molecule has 3 heteroatoms. The van der Waals surface area contributed by atoms with Crippen LogP contribution >= 0.6 is 11.6 Å².